The number of amides is 1. The van der Waals surface area contributed by atoms with E-state index in [1.165, 1.54) is 0 Å². The first-order chi connectivity index (χ1) is 7.56. The van der Waals surface area contributed by atoms with Crippen molar-refractivity contribution in [2.24, 2.45) is 0 Å². The average molecular weight is 240 g/mol. The molecule has 0 bridgehead atoms. The number of halogens is 1. The molecule has 1 aromatic rings. The summed E-state index contributed by atoms with van der Waals surface area (Å²) in [5, 5.41) is 0.661. The highest BCUT2D eigenvalue weighted by Crippen LogP contribution is 2.16. The lowest BCUT2D eigenvalue weighted by Gasteiger charge is -2.24. The van der Waals surface area contributed by atoms with Crippen molar-refractivity contribution in [1.82, 2.24) is 4.90 Å². The van der Waals surface area contributed by atoms with Gasteiger partial charge in [-0.15, -0.1) is 0 Å². The number of carbonyl (C=O) groups excluding carboxylic acids is 1. The van der Waals surface area contributed by atoms with E-state index in [1.807, 2.05) is 38.2 Å². The van der Waals surface area contributed by atoms with Gasteiger partial charge in [-0.3, -0.25) is 4.79 Å². The van der Waals surface area contributed by atoms with E-state index in [0.29, 0.717) is 11.4 Å². The first-order valence-electron chi connectivity index (χ1n) is 5.55. The lowest BCUT2D eigenvalue weighted by Crippen LogP contribution is -2.35. The van der Waals surface area contributed by atoms with Crippen LogP contribution in [0.15, 0.2) is 24.3 Å². The summed E-state index contributed by atoms with van der Waals surface area (Å²) in [5.74, 6) is 0.113. The van der Waals surface area contributed by atoms with Crippen molar-refractivity contribution < 1.29 is 4.79 Å². The summed E-state index contributed by atoms with van der Waals surface area (Å²) in [6.07, 6.45) is 1.34. The molecule has 88 valence electrons. The van der Waals surface area contributed by atoms with Crippen LogP contribution in [0, 0.1) is 0 Å². The van der Waals surface area contributed by atoms with Crippen molar-refractivity contribution in [3.05, 3.63) is 34.9 Å². The maximum atomic E-state index is 11.9. The van der Waals surface area contributed by atoms with Gasteiger partial charge in [0.05, 0.1) is 6.42 Å². The van der Waals surface area contributed by atoms with Crippen LogP contribution in [-0.2, 0) is 11.2 Å². The lowest BCUT2D eigenvalue weighted by atomic mass is 10.1. The fourth-order valence-electron chi connectivity index (χ4n) is 1.45. The first-order valence-corrected chi connectivity index (χ1v) is 5.93. The third-order valence-corrected chi connectivity index (χ3v) is 3.31. The summed E-state index contributed by atoms with van der Waals surface area (Å²) in [4.78, 5) is 13.7. The summed E-state index contributed by atoms with van der Waals surface area (Å²) in [6, 6.07) is 7.75. The molecule has 1 rings (SSSR count). The molecule has 0 radical (unpaired) electrons. The van der Waals surface area contributed by atoms with Crippen LogP contribution in [-0.4, -0.2) is 23.9 Å². The smallest absolute Gasteiger partial charge is 0.227 e. The second kappa shape index (κ2) is 5.90. The van der Waals surface area contributed by atoms with E-state index in [1.54, 1.807) is 4.90 Å². The van der Waals surface area contributed by atoms with Crippen molar-refractivity contribution in [1.29, 1.82) is 0 Å². The van der Waals surface area contributed by atoms with Gasteiger partial charge >= 0.3 is 0 Å². The van der Waals surface area contributed by atoms with E-state index in [2.05, 4.69) is 6.92 Å². The molecule has 0 fully saturated rings. The Morgan fingerprint density at radius 3 is 2.62 bits per heavy atom. The Kier molecular flexibility index (Phi) is 4.81. The van der Waals surface area contributed by atoms with Crippen molar-refractivity contribution in [3.63, 3.8) is 0 Å². The molecule has 0 aliphatic carbocycles. The van der Waals surface area contributed by atoms with Crippen LogP contribution in [0.1, 0.15) is 25.8 Å². The molecule has 0 aliphatic heterocycles. The molecule has 16 heavy (non-hydrogen) atoms. The molecule has 1 unspecified atom stereocenters. The van der Waals surface area contributed by atoms with Crippen LogP contribution >= 0.6 is 11.6 Å². The molecule has 0 aliphatic rings. The molecular formula is C13H18ClNO. The maximum absolute atomic E-state index is 11.9. The Labute approximate surface area is 102 Å². The minimum Gasteiger partial charge on any atom is -0.343 e. The summed E-state index contributed by atoms with van der Waals surface area (Å²) in [6.45, 7) is 4.12. The topological polar surface area (TPSA) is 20.3 Å². The number of hydrogen-bond donors (Lipinski definition) is 0. The molecule has 0 saturated heterocycles. The highest BCUT2D eigenvalue weighted by atomic mass is 35.5. The number of likely N-dealkylation sites (N-methyl/N-ethyl adjacent to an activating group) is 1. The van der Waals surface area contributed by atoms with Gasteiger partial charge in [-0.2, -0.15) is 0 Å². The van der Waals surface area contributed by atoms with E-state index >= 15 is 0 Å². The second-order valence-electron chi connectivity index (χ2n) is 4.03. The van der Waals surface area contributed by atoms with Gasteiger partial charge in [0, 0.05) is 18.1 Å². The van der Waals surface area contributed by atoms with Gasteiger partial charge < -0.3 is 4.90 Å². The molecule has 2 nitrogen and oxygen atoms in total. The summed E-state index contributed by atoms with van der Waals surface area (Å²) >= 11 is 6.02. The highest BCUT2D eigenvalue weighted by molar-refractivity contribution is 6.31. The van der Waals surface area contributed by atoms with E-state index in [4.69, 9.17) is 11.6 Å². The SMILES string of the molecule is CCC(C)N(C)C(=O)Cc1ccccc1Cl. The van der Waals surface area contributed by atoms with Crippen LogP contribution in [0.2, 0.25) is 5.02 Å². The highest BCUT2D eigenvalue weighted by Gasteiger charge is 2.15. The minimum absolute atomic E-state index is 0.113. The zero-order valence-corrected chi connectivity index (χ0v) is 10.8. The van der Waals surface area contributed by atoms with Gasteiger partial charge in [-0.1, -0.05) is 36.7 Å². The number of rotatable bonds is 4. The van der Waals surface area contributed by atoms with E-state index < -0.39 is 0 Å². The van der Waals surface area contributed by atoms with Crippen molar-refractivity contribution in [2.75, 3.05) is 7.05 Å². The fraction of sp³-hybridized carbons (Fsp3) is 0.462. The number of benzene rings is 1. The molecule has 0 spiro atoms. The van der Waals surface area contributed by atoms with Crippen LogP contribution < -0.4 is 0 Å². The third kappa shape index (κ3) is 3.24. The van der Waals surface area contributed by atoms with Crippen molar-refractivity contribution >= 4 is 17.5 Å². The number of hydrogen-bond acceptors (Lipinski definition) is 1. The molecule has 3 heteroatoms. The molecule has 1 amide bonds. The van der Waals surface area contributed by atoms with Crippen molar-refractivity contribution in [3.8, 4) is 0 Å². The lowest BCUT2D eigenvalue weighted by molar-refractivity contribution is -0.130. The van der Waals surface area contributed by atoms with Gasteiger partial charge in [0.2, 0.25) is 5.91 Å². The summed E-state index contributed by atoms with van der Waals surface area (Å²) in [5.41, 5.74) is 0.893. The van der Waals surface area contributed by atoms with Crippen LogP contribution in [0.3, 0.4) is 0 Å². The zero-order chi connectivity index (χ0) is 12.1. The second-order valence-corrected chi connectivity index (χ2v) is 4.44. The largest absolute Gasteiger partial charge is 0.343 e. The van der Waals surface area contributed by atoms with Gasteiger partial charge in [-0.05, 0) is 25.0 Å². The fourth-order valence-corrected chi connectivity index (χ4v) is 1.65. The van der Waals surface area contributed by atoms with E-state index in [0.717, 1.165) is 12.0 Å². The predicted octanol–water partition coefficient (Wildman–Crippen LogP) is 3.14. The number of carbonyl (C=O) groups is 1. The Hall–Kier alpha value is -1.02. The third-order valence-electron chi connectivity index (χ3n) is 2.94. The molecule has 1 aromatic carbocycles. The standard InChI is InChI=1S/C13H18ClNO/c1-4-10(2)15(3)13(16)9-11-7-5-6-8-12(11)14/h5-8,10H,4,9H2,1-3H3. The molecule has 0 aromatic heterocycles. The van der Waals surface area contributed by atoms with Crippen LogP contribution in [0.4, 0.5) is 0 Å². The Bertz CT molecular complexity index is 365. The zero-order valence-electron chi connectivity index (χ0n) is 10.0. The van der Waals surface area contributed by atoms with Crippen LogP contribution in [0.25, 0.3) is 0 Å². The summed E-state index contributed by atoms with van der Waals surface area (Å²) in [7, 11) is 1.84. The first kappa shape index (κ1) is 13.0. The van der Waals surface area contributed by atoms with Crippen LogP contribution in [0.5, 0.6) is 0 Å². The maximum Gasteiger partial charge on any atom is 0.227 e. The molecule has 0 heterocycles. The molecule has 0 N–H and O–H groups in total. The molecule has 1 atom stereocenters. The van der Waals surface area contributed by atoms with Gasteiger partial charge in [0.15, 0.2) is 0 Å². The minimum atomic E-state index is 0.113. The molecule has 0 saturated carbocycles. The quantitative estimate of drug-likeness (QED) is 0.791. The van der Waals surface area contributed by atoms with E-state index in [-0.39, 0.29) is 11.9 Å². The monoisotopic (exact) mass is 239 g/mol. The van der Waals surface area contributed by atoms with Gasteiger partial charge in [-0.25, -0.2) is 0 Å². The van der Waals surface area contributed by atoms with Crippen molar-refractivity contribution in [2.45, 2.75) is 32.7 Å². The van der Waals surface area contributed by atoms with Gasteiger partial charge in [0.25, 0.3) is 0 Å². The van der Waals surface area contributed by atoms with Gasteiger partial charge in [0.1, 0.15) is 0 Å². The van der Waals surface area contributed by atoms with E-state index in [9.17, 15) is 4.79 Å². The average Bonchev–Trinajstić information content (AvgIpc) is 2.30. The Balaban J connectivity index is 2.68. The summed E-state index contributed by atoms with van der Waals surface area (Å²) < 4.78 is 0. The Morgan fingerprint density at radius 1 is 1.44 bits per heavy atom. The number of nitrogens with zero attached hydrogens (tertiary/aromatic N) is 1. The molecular weight excluding hydrogens is 222 g/mol. The predicted molar refractivity (Wildman–Crippen MR) is 67.7 cm³/mol. The Morgan fingerprint density at radius 2 is 2.06 bits per heavy atom. The normalized spacial score (nSPS) is 12.2.